The van der Waals surface area contributed by atoms with Gasteiger partial charge in [0, 0.05) is 49.4 Å². The van der Waals surface area contributed by atoms with Gasteiger partial charge < -0.3 is 15.1 Å². The fraction of sp³-hybridized carbons (Fsp3) is 0.667. The van der Waals surface area contributed by atoms with Crippen molar-refractivity contribution in [3.63, 3.8) is 0 Å². The fourth-order valence-corrected chi connectivity index (χ4v) is 5.06. The number of carbonyl (C=O) groups excluding carboxylic acids is 1. The van der Waals surface area contributed by atoms with Crippen molar-refractivity contribution in [2.45, 2.75) is 90.3 Å². The Hall–Kier alpha value is -2.84. The quantitative estimate of drug-likeness (QED) is 0.532. The van der Waals surface area contributed by atoms with Crippen molar-refractivity contribution in [3.8, 4) is 0 Å². The lowest BCUT2D eigenvalue weighted by Gasteiger charge is -2.47. The number of aromatic amines is 2. The van der Waals surface area contributed by atoms with Gasteiger partial charge >= 0.3 is 0 Å². The zero-order valence-corrected chi connectivity index (χ0v) is 20.2. The lowest BCUT2D eigenvalue weighted by molar-refractivity contribution is -0.139. The van der Waals surface area contributed by atoms with Crippen molar-refractivity contribution in [2.75, 3.05) is 17.3 Å². The van der Waals surface area contributed by atoms with Crippen LogP contribution in [0.5, 0.6) is 0 Å². The Morgan fingerprint density at radius 3 is 2.61 bits per heavy atom. The Bertz CT molecular complexity index is 1010. The molecule has 0 radical (unpaired) electrons. The standard InChI is InChI=1S/C24H37N7O2/c1-5-7-18-13-19(12-17(6-2)31(18)23(33)11-16-8-9-16)30(4)24-26-20(14-22(32)27-24)25-21-10-15(3)28-29-21/h10,14,16-19H,5-9,11-13H2,1-4H3,(H3,25,26,27,28,29,32)/t17-,18+,19-/m1/s1. The second-order valence-corrected chi connectivity index (χ2v) is 9.70. The van der Waals surface area contributed by atoms with Crippen LogP contribution in [-0.2, 0) is 4.79 Å². The predicted octanol–water partition coefficient (Wildman–Crippen LogP) is 3.72. The Morgan fingerprint density at radius 2 is 1.97 bits per heavy atom. The molecule has 3 heterocycles. The number of piperidine rings is 1. The minimum absolute atomic E-state index is 0.197. The van der Waals surface area contributed by atoms with Gasteiger partial charge in [0.25, 0.3) is 5.56 Å². The second kappa shape index (κ2) is 9.97. The van der Waals surface area contributed by atoms with E-state index in [-0.39, 0.29) is 23.7 Å². The number of nitrogens with one attached hydrogen (secondary N) is 3. The number of rotatable bonds is 9. The van der Waals surface area contributed by atoms with Crippen molar-refractivity contribution in [2.24, 2.45) is 5.92 Å². The van der Waals surface area contributed by atoms with Crippen LogP contribution < -0.4 is 15.8 Å². The number of aromatic nitrogens is 4. The molecule has 2 aliphatic rings. The van der Waals surface area contributed by atoms with Crippen LogP contribution in [0.3, 0.4) is 0 Å². The maximum Gasteiger partial charge on any atom is 0.254 e. The van der Waals surface area contributed by atoms with Gasteiger partial charge in [-0.1, -0.05) is 20.3 Å². The Balaban J connectivity index is 1.53. The van der Waals surface area contributed by atoms with Gasteiger partial charge in [-0.05, 0) is 51.4 Å². The van der Waals surface area contributed by atoms with E-state index in [2.05, 4.69) is 49.1 Å². The summed E-state index contributed by atoms with van der Waals surface area (Å²) in [5.41, 5.74) is 0.714. The molecule has 2 aromatic rings. The minimum atomic E-state index is -0.212. The van der Waals surface area contributed by atoms with Gasteiger partial charge in [0.2, 0.25) is 11.9 Å². The molecule has 3 atom stereocenters. The zero-order valence-electron chi connectivity index (χ0n) is 20.2. The van der Waals surface area contributed by atoms with Crippen molar-refractivity contribution < 1.29 is 4.79 Å². The average molecular weight is 456 g/mol. The van der Waals surface area contributed by atoms with Crippen LogP contribution in [0.1, 0.15) is 70.9 Å². The molecule has 9 nitrogen and oxygen atoms in total. The third-order valence-electron chi connectivity index (χ3n) is 6.99. The third kappa shape index (κ3) is 5.57. The highest BCUT2D eigenvalue weighted by Crippen LogP contribution is 2.37. The van der Waals surface area contributed by atoms with Crippen LogP contribution in [-0.4, -0.2) is 56.1 Å². The monoisotopic (exact) mass is 455 g/mol. The van der Waals surface area contributed by atoms with Crippen LogP contribution in [0.4, 0.5) is 17.6 Å². The van der Waals surface area contributed by atoms with Crippen LogP contribution in [0.25, 0.3) is 0 Å². The van der Waals surface area contributed by atoms with E-state index < -0.39 is 0 Å². The van der Waals surface area contributed by atoms with E-state index in [1.807, 2.05) is 20.0 Å². The second-order valence-electron chi connectivity index (χ2n) is 9.70. The van der Waals surface area contributed by atoms with E-state index in [0.29, 0.717) is 35.8 Å². The molecule has 1 aliphatic carbocycles. The molecule has 1 saturated heterocycles. The molecule has 0 aromatic carbocycles. The number of amides is 1. The highest BCUT2D eigenvalue weighted by molar-refractivity contribution is 5.77. The Kier molecular flexibility index (Phi) is 7.05. The first-order valence-corrected chi connectivity index (χ1v) is 12.3. The van der Waals surface area contributed by atoms with Crippen LogP contribution in [0, 0.1) is 12.8 Å². The molecule has 33 heavy (non-hydrogen) atoms. The van der Waals surface area contributed by atoms with Gasteiger partial charge in [-0.2, -0.15) is 10.1 Å². The summed E-state index contributed by atoms with van der Waals surface area (Å²) in [6.07, 6.45) is 7.84. The van der Waals surface area contributed by atoms with E-state index in [1.54, 1.807) is 0 Å². The molecule has 2 fully saturated rings. The van der Waals surface area contributed by atoms with Gasteiger partial charge in [0.05, 0.1) is 0 Å². The zero-order chi connectivity index (χ0) is 23.5. The summed E-state index contributed by atoms with van der Waals surface area (Å²) in [7, 11) is 1.99. The molecule has 1 saturated carbocycles. The topological polar surface area (TPSA) is 110 Å². The highest BCUT2D eigenvalue weighted by Gasteiger charge is 2.40. The summed E-state index contributed by atoms with van der Waals surface area (Å²) in [5.74, 6) is 2.54. The van der Waals surface area contributed by atoms with Crippen LogP contribution in [0.15, 0.2) is 16.9 Å². The molecule has 2 aromatic heterocycles. The smallest absolute Gasteiger partial charge is 0.254 e. The molecule has 0 bridgehead atoms. The number of hydrogen-bond acceptors (Lipinski definition) is 6. The normalized spacial score (nSPS) is 22.9. The molecule has 1 aliphatic heterocycles. The van der Waals surface area contributed by atoms with E-state index >= 15 is 0 Å². The summed E-state index contributed by atoms with van der Waals surface area (Å²) < 4.78 is 0. The largest absolute Gasteiger partial charge is 0.342 e. The van der Waals surface area contributed by atoms with Gasteiger partial charge in [0.15, 0.2) is 5.82 Å². The fourth-order valence-electron chi connectivity index (χ4n) is 5.06. The summed E-state index contributed by atoms with van der Waals surface area (Å²) >= 11 is 0. The Labute approximate surface area is 195 Å². The van der Waals surface area contributed by atoms with Gasteiger partial charge in [-0.25, -0.2) is 0 Å². The summed E-state index contributed by atoms with van der Waals surface area (Å²) in [5, 5.41) is 10.2. The summed E-state index contributed by atoms with van der Waals surface area (Å²) in [4.78, 5) is 37.4. The van der Waals surface area contributed by atoms with Gasteiger partial charge in [-0.3, -0.25) is 19.7 Å². The van der Waals surface area contributed by atoms with E-state index in [0.717, 1.165) is 37.8 Å². The molecule has 9 heteroatoms. The molecule has 4 rings (SSSR count). The van der Waals surface area contributed by atoms with Gasteiger partial charge in [-0.15, -0.1) is 0 Å². The van der Waals surface area contributed by atoms with Gasteiger partial charge in [0.1, 0.15) is 5.82 Å². The minimum Gasteiger partial charge on any atom is -0.342 e. The lowest BCUT2D eigenvalue weighted by atomic mass is 9.86. The van der Waals surface area contributed by atoms with E-state index in [4.69, 9.17) is 0 Å². The summed E-state index contributed by atoms with van der Waals surface area (Å²) in [6.45, 7) is 6.27. The SMILES string of the molecule is CCC[C@H]1C[C@H](N(C)c2nc(Nc3cc(C)[nH]n3)cc(=O)[nH]2)C[C@@H](CC)N1C(=O)CC1CC1. The summed E-state index contributed by atoms with van der Waals surface area (Å²) in [6, 6.07) is 3.95. The van der Waals surface area contributed by atoms with Crippen molar-refractivity contribution in [3.05, 3.63) is 28.2 Å². The molecular weight excluding hydrogens is 418 g/mol. The number of hydrogen-bond donors (Lipinski definition) is 3. The molecule has 0 spiro atoms. The maximum atomic E-state index is 13.1. The Morgan fingerprint density at radius 1 is 1.21 bits per heavy atom. The number of nitrogens with zero attached hydrogens (tertiary/aromatic N) is 4. The first kappa shape index (κ1) is 23.3. The van der Waals surface area contributed by atoms with E-state index in [9.17, 15) is 9.59 Å². The first-order valence-electron chi connectivity index (χ1n) is 12.3. The molecular formula is C24H37N7O2. The van der Waals surface area contributed by atoms with Crippen molar-refractivity contribution >= 4 is 23.5 Å². The third-order valence-corrected chi connectivity index (χ3v) is 6.99. The number of likely N-dealkylation sites (tertiary alicyclic amines) is 1. The number of anilines is 3. The molecule has 0 unspecified atom stereocenters. The molecule has 1 amide bonds. The van der Waals surface area contributed by atoms with Crippen molar-refractivity contribution in [1.82, 2.24) is 25.1 Å². The lowest BCUT2D eigenvalue weighted by Crippen LogP contribution is -2.56. The van der Waals surface area contributed by atoms with Crippen molar-refractivity contribution in [1.29, 1.82) is 0 Å². The molecule has 3 N–H and O–H groups in total. The van der Waals surface area contributed by atoms with Crippen LogP contribution >= 0.6 is 0 Å². The first-order chi connectivity index (χ1) is 15.9. The number of H-pyrrole nitrogens is 2. The van der Waals surface area contributed by atoms with Crippen LogP contribution in [0.2, 0.25) is 0 Å². The highest BCUT2D eigenvalue weighted by atomic mass is 16.2. The number of aryl methyl sites for hydroxylation is 1. The maximum absolute atomic E-state index is 13.1. The predicted molar refractivity (Wildman–Crippen MR) is 130 cm³/mol. The van der Waals surface area contributed by atoms with E-state index in [1.165, 1.54) is 18.9 Å². The molecule has 180 valence electrons. The number of carbonyl (C=O) groups is 1. The average Bonchev–Trinajstić information content (AvgIpc) is 3.51.